The maximum absolute atomic E-state index is 13.3. The van der Waals surface area contributed by atoms with E-state index >= 15 is 0 Å². The Hall–Kier alpha value is -2.84. The first-order chi connectivity index (χ1) is 13.0. The van der Waals surface area contributed by atoms with Crippen LogP contribution in [0.25, 0.3) is 5.52 Å². The third kappa shape index (κ3) is 2.68. The maximum atomic E-state index is 13.3. The van der Waals surface area contributed by atoms with E-state index in [1.807, 2.05) is 6.07 Å². The van der Waals surface area contributed by atoms with Crippen LogP contribution < -0.4 is 9.80 Å². The van der Waals surface area contributed by atoms with E-state index in [0.717, 1.165) is 30.5 Å². The fourth-order valence-electron chi connectivity index (χ4n) is 4.30. The summed E-state index contributed by atoms with van der Waals surface area (Å²) in [5.41, 5.74) is 0.283. The molecule has 27 heavy (non-hydrogen) atoms. The van der Waals surface area contributed by atoms with Crippen LogP contribution in [0.3, 0.4) is 0 Å². The van der Waals surface area contributed by atoms with Crippen LogP contribution in [-0.4, -0.2) is 45.8 Å². The van der Waals surface area contributed by atoms with Crippen LogP contribution in [0.4, 0.5) is 24.8 Å². The summed E-state index contributed by atoms with van der Waals surface area (Å²) >= 11 is 0. The standard InChI is InChI=1S/C18H17F3N6/c19-18(20,21)14-2-1-4-22-16(14)25-8-12-10-26(11-13(12)9-25)17-15-3-5-24-27(15)7-6-23-17/h1-7,12-13H,8-11H2. The summed E-state index contributed by atoms with van der Waals surface area (Å²) in [7, 11) is 0. The van der Waals surface area contributed by atoms with Crippen molar-refractivity contribution in [1.29, 1.82) is 0 Å². The van der Waals surface area contributed by atoms with Gasteiger partial charge in [0.1, 0.15) is 11.3 Å². The molecule has 2 aliphatic heterocycles. The summed E-state index contributed by atoms with van der Waals surface area (Å²) in [5, 5.41) is 4.23. The summed E-state index contributed by atoms with van der Waals surface area (Å²) in [5.74, 6) is 1.50. The second kappa shape index (κ2) is 5.83. The Balaban J connectivity index is 1.37. The lowest BCUT2D eigenvalue weighted by atomic mass is 10.0. The van der Waals surface area contributed by atoms with Crippen molar-refractivity contribution in [3.05, 3.63) is 48.5 Å². The van der Waals surface area contributed by atoms with E-state index in [9.17, 15) is 13.2 Å². The highest BCUT2D eigenvalue weighted by Crippen LogP contribution is 2.40. The molecule has 6 nitrogen and oxygen atoms in total. The normalized spacial score (nSPS) is 22.6. The van der Waals surface area contributed by atoms with Crippen molar-refractivity contribution in [3.63, 3.8) is 0 Å². The molecule has 0 spiro atoms. The number of aromatic nitrogens is 4. The minimum atomic E-state index is -4.39. The molecule has 3 aromatic rings. The Morgan fingerprint density at radius 2 is 1.52 bits per heavy atom. The fourth-order valence-corrected chi connectivity index (χ4v) is 4.30. The summed E-state index contributed by atoms with van der Waals surface area (Å²) in [6.07, 6.45) is 2.29. The lowest BCUT2D eigenvalue weighted by molar-refractivity contribution is -0.137. The van der Waals surface area contributed by atoms with Crippen molar-refractivity contribution in [3.8, 4) is 0 Å². The number of hydrogen-bond acceptors (Lipinski definition) is 5. The van der Waals surface area contributed by atoms with Crippen LogP contribution in [0.5, 0.6) is 0 Å². The van der Waals surface area contributed by atoms with E-state index in [4.69, 9.17) is 0 Å². The van der Waals surface area contributed by atoms with E-state index in [0.29, 0.717) is 13.1 Å². The molecule has 0 aliphatic carbocycles. The highest BCUT2D eigenvalue weighted by molar-refractivity contribution is 5.68. The molecule has 0 aromatic carbocycles. The van der Waals surface area contributed by atoms with Gasteiger partial charge in [-0.3, -0.25) is 0 Å². The Morgan fingerprint density at radius 1 is 0.852 bits per heavy atom. The Kier molecular flexibility index (Phi) is 3.53. The number of rotatable bonds is 2. The van der Waals surface area contributed by atoms with Gasteiger partial charge in [0, 0.05) is 56.6 Å². The van der Waals surface area contributed by atoms with E-state index in [1.165, 1.54) is 12.3 Å². The van der Waals surface area contributed by atoms with Crippen molar-refractivity contribution < 1.29 is 13.2 Å². The average molecular weight is 374 g/mol. The van der Waals surface area contributed by atoms with Crippen LogP contribution in [0.1, 0.15) is 5.56 Å². The number of halogens is 3. The van der Waals surface area contributed by atoms with E-state index < -0.39 is 11.7 Å². The second-order valence-electron chi connectivity index (χ2n) is 7.11. The van der Waals surface area contributed by atoms with Gasteiger partial charge in [0.2, 0.25) is 0 Å². The SMILES string of the molecule is FC(F)(F)c1cccnc1N1CC2CN(c3nccn4nccc34)CC2C1. The molecule has 2 unspecified atom stereocenters. The van der Waals surface area contributed by atoms with Gasteiger partial charge < -0.3 is 9.80 Å². The quantitative estimate of drug-likeness (QED) is 0.690. The number of nitrogens with zero attached hydrogens (tertiary/aromatic N) is 6. The zero-order valence-electron chi connectivity index (χ0n) is 14.3. The molecule has 2 atom stereocenters. The molecule has 5 heterocycles. The predicted octanol–water partition coefficient (Wildman–Crippen LogP) is 2.72. The minimum absolute atomic E-state index is 0.0435. The van der Waals surface area contributed by atoms with Crippen LogP contribution in [0.2, 0.25) is 0 Å². The van der Waals surface area contributed by atoms with Crippen molar-refractivity contribution in [2.75, 3.05) is 36.0 Å². The molecule has 9 heteroatoms. The van der Waals surface area contributed by atoms with Crippen LogP contribution in [-0.2, 0) is 6.18 Å². The number of hydrogen-bond donors (Lipinski definition) is 0. The molecule has 0 N–H and O–H groups in total. The van der Waals surface area contributed by atoms with Gasteiger partial charge in [-0.25, -0.2) is 14.5 Å². The zero-order chi connectivity index (χ0) is 18.6. The molecule has 3 aromatic heterocycles. The van der Waals surface area contributed by atoms with Crippen LogP contribution in [0.15, 0.2) is 43.0 Å². The monoisotopic (exact) mass is 374 g/mol. The van der Waals surface area contributed by atoms with Gasteiger partial charge in [0.25, 0.3) is 0 Å². The number of anilines is 2. The summed E-state index contributed by atoms with van der Waals surface area (Å²) < 4.78 is 41.7. The van der Waals surface area contributed by atoms with Crippen molar-refractivity contribution in [2.24, 2.45) is 11.8 Å². The largest absolute Gasteiger partial charge is 0.419 e. The number of pyridine rings is 1. The van der Waals surface area contributed by atoms with Crippen molar-refractivity contribution in [2.45, 2.75) is 6.18 Å². The van der Waals surface area contributed by atoms with Gasteiger partial charge in [-0.15, -0.1) is 0 Å². The Bertz CT molecular complexity index is 970. The number of fused-ring (bicyclic) bond motifs is 2. The van der Waals surface area contributed by atoms with Crippen LogP contribution in [0, 0.1) is 11.8 Å². The molecule has 2 aliphatic rings. The number of alkyl halides is 3. The van der Waals surface area contributed by atoms with Gasteiger partial charge in [-0.2, -0.15) is 18.3 Å². The fraction of sp³-hybridized carbons (Fsp3) is 0.389. The molecule has 2 fully saturated rings. The van der Waals surface area contributed by atoms with E-state index in [1.54, 1.807) is 28.0 Å². The maximum Gasteiger partial charge on any atom is 0.419 e. The lowest BCUT2D eigenvalue weighted by Crippen LogP contribution is -2.31. The smallest absolute Gasteiger partial charge is 0.355 e. The highest BCUT2D eigenvalue weighted by Gasteiger charge is 2.44. The first-order valence-electron chi connectivity index (χ1n) is 8.81. The summed E-state index contributed by atoms with van der Waals surface area (Å²) in [6.45, 7) is 2.69. The van der Waals surface area contributed by atoms with E-state index in [-0.39, 0.29) is 17.7 Å². The average Bonchev–Trinajstić information content (AvgIpc) is 3.34. The zero-order valence-corrected chi connectivity index (χ0v) is 14.3. The highest BCUT2D eigenvalue weighted by atomic mass is 19.4. The van der Waals surface area contributed by atoms with E-state index in [2.05, 4.69) is 20.0 Å². The first kappa shape index (κ1) is 16.3. The van der Waals surface area contributed by atoms with Crippen molar-refractivity contribution in [1.82, 2.24) is 19.6 Å². The molecule has 0 bridgehead atoms. The third-order valence-electron chi connectivity index (χ3n) is 5.48. The molecule has 2 saturated heterocycles. The Labute approximate surface area is 153 Å². The predicted molar refractivity (Wildman–Crippen MR) is 93.6 cm³/mol. The topological polar surface area (TPSA) is 49.6 Å². The third-order valence-corrected chi connectivity index (χ3v) is 5.48. The molecular formula is C18H17F3N6. The molecule has 140 valence electrons. The minimum Gasteiger partial charge on any atom is -0.355 e. The van der Waals surface area contributed by atoms with Gasteiger partial charge >= 0.3 is 6.18 Å². The van der Waals surface area contributed by atoms with Gasteiger partial charge in [-0.05, 0) is 18.2 Å². The molecule has 0 amide bonds. The molecule has 0 radical (unpaired) electrons. The van der Waals surface area contributed by atoms with Gasteiger partial charge in [-0.1, -0.05) is 0 Å². The first-order valence-corrected chi connectivity index (χ1v) is 8.81. The Morgan fingerprint density at radius 3 is 2.22 bits per heavy atom. The van der Waals surface area contributed by atoms with Crippen molar-refractivity contribution >= 4 is 17.2 Å². The lowest BCUT2D eigenvalue weighted by Gasteiger charge is -2.25. The van der Waals surface area contributed by atoms with Gasteiger partial charge in [0.05, 0.1) is 11.8 Å². The second-order valence-corrected chi connectivity index (χ2v) is 7.11. The van der Waals surface area contributed by atoms with Gasteiger partial charge in [0.15, 0.2) is 5.82 Å². The summed E-state index contributed by atoms with van der Waals surface area (Å²) in [4.78, 5) is 12.5. The molecule has 5 rings (SSSR count). The molecule has 0 saturated carbocycles. The molecular weight excluding hydrogens is 357 g/mol. The van der Waals surface area contributed by atoms with Crippen LogP contribution >= 0.6 is 0 Å². The summed E-state index contributed by atoms with van der Waals surface area (Å²) in [6, 6.07) is 4.36.